The molecule has 0 radical (unpaired) electrons. The van der Waals surface area contributed by atoms with E-state index >= 15 is 0 Å². The Morgan fingerprint density at radius 1 is 0.469 bits per heavy atom. The van der Waals surface area contributed by atoms with Crippen LogP contribution in [-0.2, 0) is 0 Å². The monoisotopic (exact) mass is 578 g/mol. The molecule has 0 aliphatic heterocycles. The highest BCUT2D eigenvalue weighted by Crippen LogP contribution is 2.31. The van der Waals surface area contributed by atoms with Gasteiger partial charge in [0.1, 0.15) is 10.0 Å². The van der Waals surface area contributed by atoms with Crippen LogP contribution in [-0.4, -0.2) is 9.97 Å². The third-order valence-corrected chi connectivity index (χ3v) is 8.00. The molecule has 2 heterocycles. The molecule has 0 saturated heterocycles. The predicted octanol–water partition coefficient (Wildman–Crippen LogP) is 9.45. The van der Waals surface area contributed by atoms with E-state index in [-0.39, 0.29) is 0 Å². The molecule has 32 heavy (non-hydrogen) atoms. The standard InChI is InChI=1S/2C13H8BrNS/c2*14-10-7-5-9(6-8-10)13-15-11-3-1-2-4-12(11)16-13/h2*1-8H. The zero-order valence-corrected chi connectivity index (χ0v) is 21.5. The summed E-state index contributed by atoms with van der Waals surface area (Å²) < 4.78 is 4.66. The molecule has 4 aromatic carbocycles. The highest BCUT2D eigenvalue weighted by molar-refractivity contribution is 9.10. The number of hydrogen-bond donors (Lipinski definition) is 0. The van der Waals surface area contributed by atoms with Crippen LogP contribution in [0.4, 0.5) is 0 Å². The zero-order chi connectivity index (χ0) is 21.9. The first kappa shape index (κ1) is 21.5. The summed E-state index contributed by atoms with van der Waals surface area (Å²) in [6, 6.07) is 33.0. The first-order chi connectivity index (χ1) is 15.7. The van der Waals surface area contributed by atoms with Crippen LogP contribution in [0.1, 0.15) is 0 Å². The number of para-hydroxylation sites is 2. The molecule has 6 heteroatoms. The van der Waals surface area contributed by atoms with E-state index in [4.69, 9.17) is 0 Å². The van der Waals surface area contributed by atoms with Crippen molar-refractivity contribution in [1.82, 2.24) is 9.97 Å². The molecule has 6 rings (SSSR count). The summed E-state index contributed by atoms with van der Waals surface area (Å²) in [7, 11) is 0. The highest BCUT2D eigenvalue weighted by Gasteiger charge is 2.06. The van der Waals surface area contributed by atoms with Gasteiger partial charge >= 0.3 is 0 Å². The molecule has 0 aliphatic carbocycles. The molecule has 0 spiro atoms. The maximum atomic E-state index is 4.62. The molecule has 0 amide bonds. The molecule has 0 bridgehead atoms. The van der Waals surface area contributed by atoms with Gasteiger partial charge in [-0.25, -0.2) is 9.97 Å². The van der Waals surface area contributed by atoms with Gasteiger partial charge in [0.2, 0.25) is 0 Å². The van der Waals surface area contributed by atoms with Gasteiger partial charge < -0.3 is 0 Å². The minimum atomic E-state index is 1.07. The van der Waals surface area contributed by atoms with Crippen LogP contribution in [0.15, 0.2) is 106 Å². The van der Waals surface area contributed by atoms with Crippen molar-refractivity contribution in [3.63, 3.8) is 0 Å². The number of thiazole rings is 2. The number of aromatic nitrogens is 2. The minimum Gasteiger partial charge on any atom is -0.236 e. The Bertz CT molecular complexity index is 1300. The molecule has 0 atom stereocenters. The van der Waals surface area contributed by atoms with Crippen molar-refractivity contribution >= 4 is 75.0 Å². The second-order valence-electron chi connectivity index (χ2n) is 6.99. The van der Waals surface area contributed by atoms with Crippen molar-refractivity contribution in [3.05, 3.63) is 106 Å². The Kier molecular flexibility index (Phi) is 6.46. The van der Waals surface area contributed by atoms with Crippen LogP contribution in [0, 0.1) is 0 Å². The lowest BCUT2D eigenvalue weighted by molar-refractivity contribution is 1.47. The molecular formula is C26H16Br2N2S2. The molecule has 2 nitrogen and oxygen atoms in total. The summed E-state index contributed by atoms with van der Waals surface area (Å²) in [6.07, 6.45) is 0. The molecular weight excluding hydrogens is 564 g/mol. The number of fused-ring (bicyclic) bond motifs is 2. The fourth-order valence-electron chi connectivity index (χ4n) is 3.18. The molecule has 0 unspecified atom stereocenters. The largest absolute Gasteiger partial charge is 0.236 e. The number of hydrogen-bond acceptors (Lipinski definition) is 4. The van der Waals surface area contributed by atoms with Gasteiger partial charge in [0.05, 0.1) is 20.4 Å². The number of halogens is 2. The number of nitrogens with zero attached hydrogens (tertiary/aromatic N) is 2. The lowest BCUT2D eigenvalue weighted by atomic mass is 10.2. The summed E-state index contributed by atoms with van der Waals surface area (Å²) in [6.45, 7) is 0. The average molecular weight is 580 g/mol. The van der Waals surface area contributed by atoms with Crippen molar-refractivity contribution < 1.29 is 0 Å². The van der Waals surface area contributed by atoms with E-state index in [9.17, 15) is 0 Å². The Labute approximate surface area is 210 Å². The minimum absolute atomic E-state index is 1.07. The van der Waals surface area contributed by atoms with Crippen LogP contribution in [0.5, 0.6) is 0 Å². The molecule has 156 valence electrons. The summed E-state index contributed by atoms with van der Waals surface area (Å²) in [5.74, 6) is 0. The van der Waals surface area contributed by atoms with E-state index in [0.29, 0.717) is 0 Å². The Hall–Kier alpha value is -2.38. The van der Waals surface area contributed by atoms with E-state index in [0.717, 1.165) is 30.0 Å². The highest BCUT2D eigenvalue weighted by atomic mass is 79.9. The van der Waals surface area contributed by atoms with Gasteiger partial charge in [-0.3, -0.25) is 0 Å². The normalized spacial score (nSPS) is 10.8. The molecule has 0 aliphatic rings. The number of rotatable bonds is 2. The summed E-state index contributed by atoms with van der Waals surface area (Å²) in [5, 5.41) is 2.16. The molecule has 2 aromatic heterocycles. The average Bonchev–Trinajstić information content (AvgIpc) is 3.45. The predicted molar refractivity (Wildman–Crippen MR) is 146 cm³/mol. The van der Waals surface area contributed by atoms with Gasteiger partial charge in [-0.1, -0.05) is 80.4 Å². The van der Waals surface area contributed by atoms with E-state index in [2.05, 4.69) is 78.2 Å². The Balaban J connectivity index is 0.000000135. The summed E-state index contributed by atoms with van der Waals surface area (Å²) in [5.41, 5.74) is 4.49. The van der Waals surface area contributed by atoms with Crippen LogP contribution < -0.4 is 0 Å². The summed E-state index contributed by atoms with van der Waals surface area (Å²) in [4.78, 5) is 9.23. The van der Waals surface area contributed by atoms with Gasteiger partial charge in [-0.05, 0) is 48.5 Å². The maximum absolute atomic E-state index is 4.62. The lowest BCUT2D eigenvalue weighted by Crippen LogP contribution is -1.74. The molecule has 0 saturated carbocycles. The summed E-state index contributed by atoms with van der Waals surface area (Å²) >= 11 is 10.3. The fourth-order valence-corrected chi connectivity index (χ4v) is 5.65. The van der Waals surface area contributed by atoms with Crippen LogP contribution in [0.3, 0.4) is 0 Å². The first-order valence-corrected chi connectivity index (χ1v) is 13.1. The third-order valence-electron chi connectivity index (χ3n) is 4.77. The first-order valence-electron chi connectivity index (χ1n) is 9.89. The van der Waals surface area contributed by atoms with E-state index in [1.165, 1.54) is 20.5 Å². The van der Waals surface area contributed by atoms with Gasteiger partial charge in [0.15, 0.2) is 0 Å². The van der Waals surface area contributed by atoms with Crippen molar-refractivity contribution in [1.29, 1.82) is 0 Å². The van der Waals surface area contributed by atoms with Crippen LogP contribution >= 0.6 is 54.5 Å². The van der Waals surface area contributed by atoms with Gasteiger partial charge in [0.25, 0.3) is 0 Å². The van der Waals surface area contributed by atoms with E-state index in [1.807, 2.05) is 60.7 Å². The second-order valence-corrected chi connectivity index (χ2v) is 10.9. The Morgan fingerprint density at radius 2 is 0.844 bits per heavy atom. The van der Waals surface area contributed by atoms with Gasteiger partial charge in [-0.2, -0.15) is 0 Å². The zero-order valence-electron chi connectivity index (χ0n) is 16.7. The van der Waals surface area contributed by atoms with Gasteiger partial charge in [-0.15, -0.1) is 22.7 Å². The second kappa shape index (κ2) is 9.63. The Morgan fingerprint density at radius 3 is 1.22 bits per heavy atom. The van der Waals surface area contributed by atoms with Crippen LogP contribution in [0.2, 0.25) is 0 Å². The molecule has 0 fully saturated rings. The van der Waals surface area contributed by atoms with Crippen molar-refractivity contribution in [3.8, 4) is 21.1 Å². The third kappa shape index (κ3) is 4.84. The molecule has 0 N–H and O–H groups in total. The van der Waals surface area contributed by atoms with Crippen molar-refractivity contribution in [2.24, 2.45) is 0 Å². The maximum Gasteiger partial charge on any atom is 0.124 e. The molecule has 6 aromatic rings. The van der Waals surface area contributed by atoms with E-state index < -0.39 is 0 Å². The number of benzene rings is 4. The van der Waals surface area contributed by atoms with Crippen molar-refractivity contribution in [2.45, 2.75) is 0 Å². The smallest absolute Gasteiger partial charge is 0.124 e. The SMILES string of the molecule is Brc1ccc(-c2nc3ccccc3s2)cc1.Brc1ccc(-c2nc3ccccc3s2)cc1. The van der Waals surface area contributed by atoms with Gasteiger partial charge in [0, 0.05) is 20.1 Å². The van der Waals surface area contributed by atoms with Crippen molar-refractivity contribution in [2.75, 3.05) is 0 Å². The topological polar surface area (TPSA) is 25.8 Å². The quantitative estimate of drug-likeness (QED) is 0.204. The van der Waals surface area contributed by atoms with E-state index in [1.54, 1.807) is 22.7 Å². The fraction of sp³-hybridized carbons (Fsp3) is 0. The lowest BCUT2D eigenvalue weighted by Gasteiger charge is -1.94. The van der Waals surface area contributed by atoms with Crippen LogP contribution in [0.25, 0.3) is 41.6 Å².